The highest BCUT2D eigenvalue weighted by atomic mass is 16.3. The highest BCUT2D eigenvalue weighted by Gasteiger charge is 2.06. The number of benzene rings is 1. The zero-order valence-electron chi connectivity index (χ0n) is 12.8. The predicted molar refractivity (Wildman–Crippen MR) is 87.3 cm³/mol. The number of urea groups is 1. The maximum absolute atomic E-state index is 12.0. The zero-order valence-corrected chi connectivity index (χ0v) is 12.8. The Hall–Kier alpha value is -2.54. The van der Waals surface area contributed by atoms with Crippen LogP contribution in [0.2, 0.25) is 0 Å². The summed E-state index contributed by atoms with van der Waals surface area (Å²) in [4.78, 5) is 14.1. The molecule has 0 bridgehead atoms. The first-order chi connectivity index (χ1) is 10.6. The van der Waals surface area contributed by atoms with Crippen LogP contribution in [0.3, 0.4) is 0 Å². The van der Waals surface area contributed by atoms with E-state index >= 15 is 0 Å². The van der Waals surface area contributed by atoms with Gasteiger partial charge in [-0.3, -0.25) is 4.68 Å². The van der Waals surface area contributed by atoms with Crippen molar-refractivity contribution in [2.24, 2.45) is 0 Å². The molecule has 0 saturated heterocycles. The summed E-state index contributed by atoms with van der Waals surface area (Å²) >= 11 is 0. The molecule has 2 aromatic rings. The highest BCUT2D eigenvalue weighted by Crippen LogP contribution is 2.18. The third-order valence-corrected chi connectivity index (χ3v) is 3.24. The molecule has 7 nitrogen and oxygen atoms in total. The highest BCUT2D eigenvalue weighted by molar-refractivity contribution is 5.99. The number of amides is 2. The molecule has 118 valence electrons. The molecule has 0 aliphatic rings. The van der Waals surface area contributed by atoms with Gasteiger partial charge in [-0.1, -0.05) is 6.07 Å². The Labute approximate surface area is 129 Å². The van der Waals surface area contributed by atoms with E-state index in [1.165, 1.54) is 6.20 Å². The van der Waals surface area contributed by atoms with Gasteiger partial charge in [0.1, 0.15) is 0 Å². The standard InChI is InChI=1S/C15H21N5O2/c1-3-19(2)14-6-4-5-12(9-14)17-15(22)18-13-10-16-20(11-13)7-8-21/h4-6,9-11,21H,3,7-8H2,1-2H3,(H2,17,18,22). The minimum absolute atomic E-state index is 0.00501. The lowest BCUT2D eigenvalue weighted by atomic mass is 10.2. The van der Waals surface area contributed by atoms with E-state index in [9.17, 15) is 4.79 Å². The Kier molecular flexibility index (Phi) is 5.37. The largest absolute Gasteiger partial charge is 0.394 e. The molecule has 1 heterocycles. The summed E-state index contributed by atoms with van der Waals surface area (Å²) in [6.45, 7) is 3.36. The Morgan fingerprint density at radius 3 is 2.86 bits per heavy atom. The maximum atomic E-state index is 12.0. The first kappa shape index (κ1) is 15.8. The smallest absolute Gasteiger partial charge is 0.323 e. The molecule has 0 saturated carbocycles. The first-order valence-electron chi connectivity index (χ1n) is 7.15. The number of nitrogens with one attached hydrogen (secondary N) is 2. The summed E-state index contributed by atoms with van der Waals surface area (Å²) in [6, 6.07) is 7.31. The van der Waals surface area contributed by atoms with Crippen LogP contribution < -0.4 is 15.5 Å². The second-order valence-electron chi connectivity index (χ2n) is 4.86. The first-order valence-corrected chi connectivity index (χ1v) is 7.15. The molecular formula is C15H21N5O2. The number of rotatable bonds is 6. The maximum Gasteiger partial charge on any atom is 0.323 e. The van der Waals surface area contributed by atoms with Crippen LogP contribution in [-0.4, -0.2) is 41.1 Å². The van der Waals surface area contributed by atoms with Gasteiger partial charge in [0.15, 0.2) is 0 Å². The Morgan fingerprint density at radius 2 is 2.14 bits per heavy atom. The van der Waals surface area contributed by atoms with Crippen LogP contribution in [0.25, 0.3) is 0 Å². The number of anilines is 3. The Balaban J connectivity index is 1.96. The second kappa shape index (κ2) is 7.46. The van der Waals surface area contributed by atoms with Gasteiger partial charge in [-0.2, -0.15) is 5.10 Å². The van der Waals surface area contributed by atoms with E-state index in [1.54, 1.807) is 10.9 Å². The number of hydrogen-bond acceptors (Lipinski definition) is 4. The summed E-state index contributed by atoms with van der Waals surface area (Å²) < 4.78 is 1.56. The topological polar surface area (TPSA) is 82.4 Å². The number of aliphatic hydroxyl groups is 1. The van der Waals surface area contributed by atoms with Crippen molar-refractivity contribution >= 4 is 23.1 Å². The van der Waals surface area contributed by atoms with Crippen molar-refractivity contribution in [1.29, 1.82) is 0 Å². The fourth-order valence-electron chi connectivity index (χ4n) is 1.95. The summed E-state index contributed by atoms with van der Waals surface area (Å²) in [7, 11) is 1.99. The third kappa shape index (κ3) is 4.23. The van der Waals surface area contributed by atoms with Gasteiger partial charge >= 0.3 is 6.03 Å². The van der Waals surface area contributed by atoms with E-state index in [0.717, 1.165) is 17.9 Å². The Morgan fingerprint density at radius 1 is 1.36 bits per heavy atom. The predicted octanol–water partition coefficient (Wildman–Crippen LogP) is 1.98. The molecule has 0 aliphatic heterocycles. The van der Waals surface area contributed by atoms with Crippen LogP contribution >= 0.6 is 0 Å². The van der Waals surface area contributed by atoms with Crippen molar-refractivity contribution < 1.29 is 9.90 Å². The number of carbonyl (C=O) groups excluding carboxylic acids is 1. The minimum Gasteiger partial charge on any atom is -0.394 e. The minimum atomic E-state index is -0.333. The van der Waals surface area contributed by atoms with Gasteiger partial charge in [-0.15, -0.1) is 0 Å². The lowest BCUT2D eigenvalue weighted by molar-refractivity contribution is 0.262. The van der Waals surface area contributed by atoms with E-state index in [2.05, 4.69) is 27.6 Å². The van der Waals surface area contributed by atoms with Gasteiger partial charge in [0.2, 0.25) is 0 Å². The molecule has 22 heavy (non-hydrogen) atoms. The van der Waals surface area contributed by atoms with E-state index in [0.29, 0.717) is 12.2 Å². The van der Waals surface area contributed by atoms with Crippen LogP contribution in [0.4, 0.5) is 21.9 Å². The molecule has 0 aliphatic carbocycles. The van der Waals surface area contributed by atoms with Gasteiger partial charge in [0.05, 0.1) is 25.0 Å². The van der Waals surface area contributed by atoms with Crippen molar-refractivity contribution in [2.45, 2.75) is 13.5 Å². The monoisotopic (exact) mass is 303 g/mol. The van der Waals surface area contributed by atoms with Gasteiger partial charge < -0.3 is 20.6 Å². The molecule has 1 aromatic carbocycles. The fourth-order valence-corrected chi connectivity index (χ4v) is 1.95. The van der Waals surface area contributed by atoms with Gasteiger partial charge in [-0.25, -0.2) is 4.79 Å². The number of nitrogens with zero attached hydrogens (tertiary/aromatic N) is 3. The number of carbonyl (C=O) groups is 1. The number of aliphatic hydroxyl groups excluding tert-OH is 1. The van der Waals surface area contributed by atoms with Crippen LogP contribution in [0.1, 0.15) is 6.92 Å². The van der Waals surface area contributed by atoms with Gasteiger partial charge in [0.25, 0.3) is 0 Å². The van der Waals surface area contributed by atoms with Gasteiger partial charge in [0, 0.05) is 31.2 Å². The number of hydrogen-bond donors (Lipinski definition) is 3. The van der Waals surface area contributed by atoms with Crippen molar-refractivity contribution in [1.82, 2.24) is 9.78 Å². The van der Waals surface area contributed by atoms with Crippen LogP contribution in [0.5, 0.6) is 0 Å². The van der Waals surface area contributed by atoms with Crippen LogP contribution in [0.15, 0.2) is 36.7 Å². The third-order valence-electron chi connectivity index (χ3n) is 3.24. The van der Waals surface area contributed by atoms with Gasteiger partial charge in [-0.05, 0) is 25.1 Å². The summed E-state index contributed by atoms with van der Waals surface area (Å²) in [5.41, 5.74) is 2.34. The van der Waals surface area contributed by atoms with Crippen molar-refractivity contribution in [2.75, 3.05) is 35.7 Å². The molecule has 2 amide bonds. The fraction of sp³-hybridized carbons (Fsp3) is 0.333. The lowest BCUT2D eigenvalue weighted by Gasteiger charge is -2.17. The molecule has 0 atom stereocenters. The summed E-state index contributed by atoms with van der Waals surface area (Å²) in [6.07, 6.45) is 3.20. The molecule has 0 spiro atoms. The van der Waals surface area contributed by atoms with Crippen LogP contribution in [-0.2, 0) is 6.54 Å². The van der Waals surface area contributed by atoms with Crippen molar-refractivity contribution in [3.63, 3.8) is 0 Å². The SMILES string of the molecule is CCN(C)c1cccc(NC(=O)Nc2cnn(CCO)c2)c1. The second-order valence-corrected chi connectivity index (χ2v) is 4.86. The average Bonchev–Trinajstić information content (AvgIpc) is 2.94. The van der Waals surface area contributed by atoms with E-state index in [-0.39, 0.29) is 12.6 Å². The molecule has 0 unspecified atom stereocenters. The van der Waals surface area contributed by atoms with Crippen LogP contribution in [0, 0.1) is 0 Å². The summed E-state index contributed by atoms with van der Waals surface area (Å²) in [5.74, 6) is 0. The van der Waals surface area contributed by atoms with E-state index in [1.807, 2.05) is 31.3 Å². The Bertz CT molecular complexity index is 626. The average molecular weight is 303 g/mol. The zero-order chi connectivity index (χ0) is 15.9. The molecule has 0 fully saturated rings. The molecule has 0 radical (unpaired) electrons. The van der Waals surface area contributed by atoms with Crippen molar-refractivity contribution in [3.05, 3.63) is 36.7 Å². The number of aromatic nitrogens is 2. The molecule has 7 heteroatoms. The summed E-state index contributed by atoms with van der Waals surface area (Å²) in [5, 5.41) is 18.3. The normalized spacial score (nSPS) is 10.3. The molecular weight excluding hydrogens is 282 g/mol. The molecule has 2 rings (SSSR count). The van der Waals surface area contributed by atoms with E-state index in [4.69, 9.17) is 5.11 Å². The molecule has 3 N–H and O–H groups in total. The van der Waals surface area contributed by atoms with E-state index < -0.39 is 0 Å². The quantitative estimate of drug-likeness (QED) is 0.762. The molecule has 1 aromatic heterocycles. The van der Waals surface area contributed by atoms with Crippen molar-refractivity contribution in [3.8, 4) is 0 Å². The lowest BCUT2D eigenvalue weighted by Crippen LogP contribution is -2.20.